The Morgan fingerprint density at radius 3 is 2.58 bits per heavy atom. The lowest BCUT2D eigenvalue weighted by Gasteiger charge is -2.43. The van der Waals surface area contributed by atoms with Crippen LogP contribution in [0.3, 0.4) is 0 Å². The Balaban J connectivity index is 1.67. The Kier molecular flexibility index (Phi) is 7.49. The van der Waals surface area contributed by atoms with Gasteiger partial charge in [-0.2, -0.15) is 0 Å². The molecular formula is C20H18Cl2F2N4O4S. The highest BCUT2D eigenvalue weighted by Gasteiger charge is 2.47. The van der Waals surface area contributed by atoms with Gasteiger partial charge in [-0.3, -0.25) is 4.98 Å². The summed E-state index contributed by atoms with van der Waals surface area (Å²) >= 11 is 12.8. The summed E-state index contributed by atoms with van der Waals surface area (Å²) in [7, 11) is 1.44. The predicted molar refractivity (Wildman–Crippen MR) is 117 cm³/mol. The number of aliphatic hydroxyl groups is 2. The number of rotatable bonds is 6. The van der Waals surface area contributed by atoms with Crippen molar-refractivity contribution in [2.45, 2.75) is 34.7 Å². The highest BCUT2D eigenvalue weighted by Crippen LogP contribution is 2.40. The molecule has 8 nitrogen and oxygen atoms in total. The number of halogens is 4. The largest absolute Gasteiger partial charge is 0.394 e. The first-order valence-electron chi connectivity index (χ1n) is 9.63. The lowest BCUT2D eigenvalue weighted by molar-refractivity contribution is -0.186. The van der Waals surface area contributed by atoms with E-state index in [1.807, 2.05) is 0 Å². The zero-order valence-electron chi connectivity index (χ0n) is 17.0. The number of aliphatic hydroxyl groups excluding tert-OH is 2. The molecule has 0 spiro atoms. The van der Waals surface area contributed by atoms with E-state index in [0.717, 1.165) is 12.1 Å². The molecule has 0 amide bonds. The second-order valence-electron chi connectivity index (χ2n) is 7.20. The molecular weight excluding hydrogens is 501 g/mol. The van der Waals surface area contributed by atoms with E-state index >= 15 is 0 Å². The zero-order chi connectivity index (χ0) is 23.7. The maximum absolute atomic E-state index is 13.9. The van der Waals surface area contributed by atoms with Crippen LogP contribution < -0.4 is 0 Å². The van der Waals surface area contributed by atoms with Crippen LogP contribution >= 0.6 is 35.0 Å². The molecule has 1 fully saturated rings. The predicted octanol–water partition coefficient (Wildman–Crippen LogP) is 3.35. The Bertz CT molecular complexity index is 1120. The van der Waals surface area contributed by atoms with Crippen molar-refractivity contribution in [1.82, 2.24) is 20.0 Å². The summed E-state index contributed by atoms with van der Waals surface area (Å²) in [6.07, 6.45) is 1.58. The van der Waals surface area contributed by atoms with Gasteiger partial charge in [0.15, 0.2) is 0 Å². The fraction of sp³-hybridized carbons (Fsp3) is 0.350. The van der Waals surface area contributed by atoms with Gasteiger partial charge in [0, 0.05) is 30.0 Å². The smallest absolute Gasteiger partial charge is 0.145 e. The van der Waals surface area contributed by atoms with Crippen molar-refractivity contribution < 1.29 is 28.5 Å². The summed E-state index contributed by atoms with van der Waals surface area (Å²) in [6, 6.07) is 2.93. The lowest BCUT2D eigenvalue weighted by Crippen LogP contribution is -2.55. The van der Waals surface area contributed by atoms with Crippen molar-refractivity contribution in [1.29, 1.82) is 0 Å². The molecule has 1 saturated heterocycles. The van der Waals surface area contributed by atoms with Gasteiger partial charge >= 0.3 is 0 Å². The maximum atomic E-state index is 13.9. The van der Waals surface area contributed by atoms with Crippen LogP contribution in [-0.4, -0.2) is 67.7 Å². The number of hydrogen-bond acceptors (Lipinski definition) is 8. The first kappa shape index (κ1) is 24.3. The third-order valence-corrected chi connectivity index (χ3v) is 6.80. The first-order chi connectivity index (χ1) is 15.8. The quantitative estimate of drug-likeness (QED) is 0.479. The molecule has 3 heterocycles. The topological polar surface area (TPSA) is 103 Å². The van der Waals surface area contributed by atoms with E-state index in [0.29, 0.717) is 9.92 Å². The number of nitrogens with zero attached hydrogens (tertiary/aromatic N) is 4. The van der Waals surface area contributed by atoms with Crippen molar-refractivity contribution in [2.24, 2.45) is 0 Å². The van der Waals surface area contributed by atoms with E-state index in [-0.39, 0.29) is 11.3 Å². The van der Waals surface area contributed by atoms with E-state index in [1.54, 1.807) is 12.3 Å². The van der Waals surface area contributed by atoms with Gasteiger partial charge in [0.2, 0.25) is 0 Å². The van der Waals surface area contributed by atoms with Crippen LogP contribution in [0.2, 0.25) is 10.0 Å². The minimum absolute atomic E-state index is 0.116. The SMILES string of the molecule is COC1C(Sc2cncc(Cl)c2)OC(CO)C(O)C1n1cc(-c2cc(F)c(Cl)c(F)c2)nn1. The maximum Gasteiger partial charge on any atom is 0.145 e. The molecule has 4 rings (SSSR count). The van der Waals surface area contributed by atoms with E-state index in [9.17, 15) is 19.0 Å². The zero-order valence-corrected chi connectivity index (χ0v) is 19.3. The Hall–Kier alpha value is -1.86. The number of pyridine rings is 1. The number of benzene rings is 1. The normalized spacial score (nSPS) is 25.4. The summed E-state index contributed by atoms with van der Waals surface area (Å²) in [4.78, 5) is 4.73. The molecule has 5 atom stereocenters. The average molecular weight is 519 g/mol. The number of thioether (sulfide) groups is 1. The van der Waals surface area contributed by atoms with Crippen LogP contribution in [0.5, 0.6) is 0 Å². The molecule has 0 aliphatic carbocycles. The van der Waals surface area contributed by atoms with E-state index in [4.69, 9.17) is 32.7 Å². The van der Waals surface area contributed by atoms with Gasteiger partial charge < -0.3 is 19.7 Å². The molecule has 2 aromatic heterocycles. The van der Waals surface area contributed by atoms with E-state index < -0.39 is 53.1 Å². The number of methoxy groups -OCH3 is 1. The Labute approximate surface area is 201 Å². The molecule has 3 aromatic rings. The van der Waals surface area contributed by atoms with Crippen LogP contribution in [0, 0.1) is 11.6 Å². The highest BCUT2D eigenvalue weighted by molar-refractivity contribution is 7.99. The van der Waals surface area contributed by atoms with Gasteiger partial charge in [0.1, 0.15) is 52.1 Å². The molecule has 1 aliphatic rings. The van der Waals surface area contributed by atoms with Crippen LogP contribution in [0.25, 0.3) is 11.3 Å². The van der Waals surface area contributed by atoms with Gasteiger partial charge in [0.05, 0.1) is 17.8 Å². The number of ether oxygens (including phenoxy) is 2. The molecule has 1 aliphatic heterocycles. The third-order valence-electron chi connectivity index (χ3n) is 5.12. The molecule has 176 valence electrons. The standard InChI is InChI=1S/C20H18Cl2F2N4O4S/c1-31-19-17(28-7-14(26-27-28)9-2-12(23)16(22)13(24)3-9)18(30)15(8-29)32-20(19)33-11-4-10(21)5-25-6-11/h2-7,15,17-20,29-30H,8H2,1H3. The molecule has 1 aromatic carbocycles. The molecule has 2 N–H and O–H groups in total. The van der Waals surface area contributed by atoms with Crippen molar-refractivity contribution in [2.75, 3.05) is 13.7 Å². The summed E-state index contributed by atoms with van der Waals surface area (Å²) < 4.78 is 40.6. The monoisotopic (exact) mass is 518 g/mol. The van der Waals surface area contributed by atoms with Crippen molar-refractivity contribution in [3.63, 3.8) is 0 Å². The van der Waals surface area contributed by atoms with Crippen LogP contribution in [-0.2, 0) is 9.47 Å². The fourth-order valence-corrected chi connectivity index (χ4v) is 5.10. The van der Waals surface area contributed by atoms with Gasteiger partial charge in [0.25, 0.3) is 0 Å². The lowest BCUT2D eigenvalue weighted by atomic mass is 9.97. The molecule has 0 bridgehead atoms. The van der Waals surface area contributed by atoms with Crippen molar-refractivity contribution >= 4 is 35.0 Å². The third kappa shape index (κ3) is 4.99. The van der Waals surface area contributed by atoms with Crippen molar-refractivity contribution in [3.8, 4) is 11.3 Å². The highest BCUT2D eigenvalue weighted by atomic mass is 35.5. The Morgan fingerprint density at radius 1 is 1.21 bits per heavy atom. The summed E-state index contributed by atoms with van der Waals surface area (Å²) in [5.74, 6) is -1.87. The molecule has 0 saturated carbocycles. The number of hydrogen-bond donors (Lipinski definition) is 2. The second kappa shape index (κ2) is 10.2. The molecule has 5 unspecified atom stereocenters. The molecule has 13 heteroatoms. The average Bonchev–Trinajstić information content (AvgIpc) is 3.27. The van der Waals surface area contributed by atoms with Gasteiger partial charge in [-0.1, -0.05) is 40.2 Å². The first-order valence-corrected chi connectivity index (χ1v) is 11.3. The van der Waals surface area contributed by atoms with Gasteiger partial charge in [-0.25, -0.2) is 13.5 Å². The van der Waals surface area contributed by atoms with Gasteiger partial charge in [-0.05, 0) is 18.2 Å². The fourth-order valence-electron chi connectivity index (χ4n) is 3.56. The summed E-state index contributed by atoms with van der Waals surface area (Å²) in [5, 5.41) is 28.5. The Morgan fingerprint density at radius 2 is 1.94 bits per heavy atom. The van der Waals surface area contributed by atoms with Crippen LogP contribution in [0.4, 0.5) is 8.78 Å². The molecule has 0 radical (unpaired) electrons. The summed E-state index contributed by atoms with van der Waals surface area (Å²) in [5.41, 5.74) is -0.411. The molecule has 33 heavy (non-hydrogen) atoms. The number of aromatic nitrogens is 4. The van der Waals surface area contributed by atoms with Gasteiger partial charge in [-0.15, -0.1) is 5.10 Å². The van der Waals surface area contributed by atoms with E-state index in [1.165, 1.54) is 35.9 Å². The summed E-state index contributed by atoms with van der Waals surface area (Å²) in [6.45, 7) is -0.464. The van der Waals surface area contributed by atoms with Crippen LogP contribution in [0.1, 0.15) is 6.04 Å². The second-order valence-corrected chi connectivity index (χ2v) is 9.19. The minimum Gasteiger partial charge on any atom is -0.394 e. The van der Waals surface area contributed by atoms with Crippen molar-refractivity contribution in [3.05, 3.63) is 58.5 Å². The minimum atomic E-state index is -1.22. The van der Waals surface area contributed by atoms with Crippen LogP contribution in [0.15, 0.2) is 41.7 Å². The van der Waals surface area contributed by atoms with E-state index in [2.05, 4.69) is 15.3 Å².